The number of carbonyl (C=O) groups excluding carboxylic acids is 4. The van der Waals surface area contributed by atoms with Crippen LogP contribution in [0.5, 0.6) is 0 Å². The molecule has 3 N–H and O–H groups in total. The molecule has 0 aliphatic rings. The monoisotopic (exact) mass is 495 g/mol. The number of carbonyl (C=O) groups is 4. The number of hydrogen-bond donors (Lipinski definition) is 3. The minimum Gasteiger partial charge on any atom is -0.455 e. The molecule has 0 aromatic heterocycles. The van der Waals surface area contributed by atoms with Crippen molar-refractivity contribution in [2.45, 2.75) is 19.3 Å². The van der Waals surface area contributed by atoms with E-state index >= 15 is 0 Å². The Balaban J connectivity index is 1.59. The number of rotatable bonds is 8. The van der Waals surface area contributed by atoms with Crippen LogP contribution in [0, 0.1) is 0 Å². The number of ether oxygens (including phenoxy) is 1. The van der Waals surface area contributed by atoms with Gasteiger partial charge in [-0.15, -0.1) is 0 Å². The van der Waals surface area contributed by atoms with Gasteiger partial charge in [-0.1, -0.05) is 27.5 Å². The normalized spacial score (nSPS) is 10.1. The lowest BCUT2D eigenvalue weighted by Crippen LogP contribution is -2.43. The average Bonchev–Trinajstić information content (AvgIpc) is 2.72. The van der Waals surface area contributed by atoms with Gasteiger partial charge in [0.25, 0.3) is 11.8 Å². The molecule has 8 nitrogen and oxygen atoms in total. The molecular weight excluding hydrogens is 478 g/mol. The van der Waals surface area contributed by atoms with E-state index in [1.165, 1.54) is 12.1 Å². The Bertz CT molecular complexity index is 904. The lowest BCUT2D eigenvalue weighted by Gasteiger charge is -2.08. The fourth-order valence-corrected chi connectivity index (χ4v) is 2.59. The second-order valence-electron chi connectivity index (χ2n) is 6.08. The summed E-state index contributed by atoms with van der Waals surface area (Å²) in [4.78, 5) is 47.0. The smallest absolute Gasteiger partial charge is 0.306 e. The third-order valence-electron chi connectivity index (χ3n) is 3.70. The summed E-state index contributed by atoms with van der Waals surface area (Å²) >= 11 is 9.04. The van der Waals surface area contributed by atoms with Crippen LogP contribution in [0.4, 0.5) is 5.69 Å². The van der Waals surface area contributed by atoms with Gasteiger partial charge in [0, 0.05) is 33.6 Å². The van der Waals surface area contributed by atoms with Crippen molar-refractivity contribution in [3.63, 3.8) is 0 Å². The lowest BCUT2D eigenvalue weighted by atomic mass is 10.2. The van der Waals surface area contributed by atoms with E-state index in [1.807, 2.05) is 0 Å². The number of benzene rings is 2. The summed E-state index contributed by atoms with van der Waals surface area (Å²) in [6.07, 6.45) is 0.392. The lowest BCUT2D eigenvalue weighted by molar-refractivity contribution is -0.148. The van der Waals surface area contributed by atoms with Crippen molar-refractivity contribution in [3.05, 3.63) is 63.6 Å². The highest BCUT2D eigenvalue weighted by Gasteiger charge is 2.11. The maximum absolute atomic E-state index is 11.8. The molecule has 0 aliphatic carbocycles. The molecule has 0 saturated carbocycles. The second-order valence-corrected chi connectivity index (χ2v) is 7.43. The molecule has 3 amide bonds. The first-order chi connectivity index (χ1) is 14.3. The standard InChI is InChI=1S/C20H19BrClN3O5/c21-14-6-10-16(11-7-14)23-17(26)2-1-3-19(28)30-12-18(27)24-25-20(29)13-4-8-15(22)9-5-13/h4-11H,1-3,12H2,(H,23,26)(H,24,27)(H,25,29). The summed E-state index contributed by atoms with van der Waals surface area (Å²) in [5.74, 6) is -2.08. The van der Waals surface area contributed by atoms with E-state index in [-0.39, 0.29) is 25.2 Å². The van der Waals surface area contributed by atoms with Gasteiger partial charge < -0.3 is 10.1 Å². The van der Waals surface area contributed by atoms with Crippen LogP contribution in [0.1, 0.15) is 29.6 Å². The average molecular weight is 497 g/mol. The van der Waals surface area contributed by atoms with Gasteiger partial charge >= 0.3 is 5.97 Å². The van der Waals surface area contributed by atoms with Crippen molar-refractivity contribution in [3.8, 4) is 0 Å². The zero-order valence-electron chi connectivity index (χ0n) is 15.7. The highest BCUT2D eigenvalue weighted by molar-refractivity contribution is 9.10. The molecule has 0 atom stereocenters. The van der Waals surface area contributed by atoms with Crippen molar-refractivity contribution in [2.75, 3.05) is 11.9 Å². The van der Waals surface area contributed by atoms with Gasteiger partial charge in [0.05, 0.1) is 0 Å². The van der Waals surface area contributed by atoms with Crippen LogP contribution in [0.3, 0.4) is 0 Å². The molecule has 10 heteroatoms. The molecule has 2 aromatic carbocycles. The number of esters is 1. The van der Waals surface area contributed by atoms with Gasteiger partial charge in [0.2, 0.25) is 5.91 Å². The highest BCUT2D eigenvalue weighted by Crippen LogP contribution is 2.14. The summed E-state index contributed by atoms with van der Waals surface area (Å²) in [6.45, 7) is -0.551. The first-order valence-corrected chi connectivity index (χ1v) is 10.1. The summed E-state index contributed by atoms with van der Waals surface area (Å²) in [5.41, 5.74) is 5.30. The first-order valence-electron chi connectivity index (χ1n) is 8.89. The third-order valence-corrected chi connectivity index (χ3v) is 4.48. The molecule has 30 heavy (non-hydrogen) atoms. The van der Waals surface area contributed by atoms with Crippen molar-refractivity contribution < 1.29 is 23.9 Å². The molecule has 0 heterocycles. The first kappa shape index (κ1) is 23.4. The van der Waals surface area contributed by atoms with Crippen molar-refractivity contribution in [1.29, 1.82) is 0 Å². The number of anilines is 1. The number of nitrogens with one attached hydrogen (secondary N) is 3. The van der Waals surface area contributed by atoms with Gasteiger partial charge in [0.1, 0.15) is 0 Å². The summed E-state index contributed by atoms with van der Waals surface area (Å²) in [6, 6.07) is 13.2. The van der Waals surface area contributed by atoms with Crippen LogP contribution in [-0.4, -0.2) is 30.3 Å². The fourth-order valence-electron chi connectivity index (χ4n) is 2.20. The highest BCUT2D eigenvalue weighted by atomic mass is 79.9. The quantitative estimate of drug-likeness (QED) is 0.384. The Hall–Kier alpha value is -2.91. The Morgan fingerprint density at radius 1 is 0.867 bits per heavy atom. The fraction of sp³-hybridized carbons (Fsp3) is 0.200. The van der Waals surface area contributed by atoms with Crippen molar-refractivity contribution >= 4 is 56.9 Å². The van der Waals surface area contributed by atoms with Crippen LogP contribution in [0.15, 0.2) is 53.0 Å². The minimum absolute atomic E-state index is 0.0157. The molecule has 0 bridgehead atoms. The van der Waals surface area contributed by atoms with Crippen LogP contribution in [0.2, 0.25) is 5.02 Å². The zero-order valence-corrected chi connectivity index (χ0v) is 18.1. The minimum atomic E-state index is -0.696. The molecule has 0 radical (unpaired) electrons. The van der Waals surface area contributed by atoms with Crippen LogP contribution < -0.4 is 16.2 Å². The molecule has 2 rings (SSSR count). The molecule has 0 spiro atoms. The number of hydrogen-bond acceptors (Lipinski definition) is 5. The second kappa shape index (κ2) is 11.9. The SMILES string of the molecule is O=C(COC(=O)CCCC(=O)Nc1ccc(Br)cc1)NNC(=O)c1ccc(Cl)cc1. The Morgan fingerprint density at radius 3 is 2.20 bits per heavy atom. The molecule has 2 aromatic rings. The van der Waals surface area contributed by atoms with E-state index in [0.29, 0.717) is 16.3 Å². The van der Waals surface area contributed by atoms with Gasteiger partial charge in [-0.05, 0) is 55.0 Å². The maximum Gasteiger partial charge on any atom is 0.306 e. The van der Waals surface area contributed by atoms with E-state index in [4.69, 9.17) is 16.3 Å². The predicted molar refractivity (Wildman–Crippen MR) is 115 cm³/mol. The van der Waals surface area contributed by atoms with E-state index in [9.17, 15) is 19.2 Å². The Kier molecular flexibility index (Phi) is 9.30. The Labute approximate surface area is 186 Å². The van der Waals surface area contributed by atoms with Gasteiger partial charge in [-0.3, -0.25) is 30.0 Å². The number of hydrazine groups is 1. The van der Waals surface area contributed by atoms with Crippen LogP contribution in [-0.2, 0) is 19.1 Å². The van der Waals surface area contributed by atoms with E-state index in [2.05, 4.69) is 32.1 Å². The number of halogens is 2. The predicted octanol–water partition coefficient (Wildman–Crippen LogP) is 3.22. The van der Waals surface area contributed by atoms with Crippen molar-refractivity contribution in [1.82, 2.24) is 10.9 Å². The third kappa shape index (κ3) is 8.62. The van der Waals surface area contributed by atoms with Crippen molar-refractivity contribution in [2.24, 2.45) is 0 Å². The van der Waals surface area contributed by atoms with E-state index in [0.717, 1.165) is 4.47 Å². The topological polar surface area (TPSA) is 114 Å². The van der Waals surface area contributed by atoms with Gasteiger partial charge in [0.15, 0.2) is 6.61 Å². The summed E-state index contributed by atoms with van der Waals surface area (Å²) < 4.78 is 5.71. The molecule has 158 valence electrons. The van der Waals surface area contributed by atoms with E-state index in [1.54, 1.807) is 36.4 Å². The maximum atomic E-state index is 11.8. The molecule has 0 saturated heterocycles. The Morgan fingerprint density at radius 2 is 1.53 bits per heavy atom. The zero-order chi connectivity index (χ0) is 21.9. The van der Waals surface area contributed by atoms with Crippen LogP contribution in [0.25, 0.3) is 0 Å². The molecule has 0 fully saturated rings. The van der Waals surface area contributed by atoms with Gasteiger partial charge in [-0.25, -0.2) is 0 Å². The number of amides is 3. The van der Waals surface area contributed by atoms with E-state index < -0.39 is 24.4 Å². The summed E-state index contributed by atoms with van der Waals surface area (Å²) in [7, 11) is 0. The molecular formula is C20H19BrClN3O5. The van der Waals surface area contributed by atoms with Gasteiger partial charge in [-0.2, -0.15) is 0 Å². The summed E-state index contributed by atoms with van der Waals surface area (Å²) in [5, 5.41) is 3.19. The molecule has 0 unspecified atom stereocenters. The largest absolute Gasteiger partial charge is 0.455 e. The van der Waals surface area contributed by atoms with Crippen LogP contribution >= 0.6 is 27.5 Å². The molecule has 0 aliphatic heterocycles.